The quantitative estimate of drug-likeness (QED) is 0.0306. The van der Waals surface area contributed by atoms with E-state index < -0.39 is 0 Å². The van der Waals surface area contributed by atoms with Crippen molar-refractivity contribution < 1.29 is 37.9 Å². The van der Waals surface area contributed by atoms with Gasteiger partial charge in [-0.3, -0.25) is 4.98 Å². The van der Waals surface area contributed by atoms with Crippen molar-refractivity contribution in [2.45, 2.75) is 239 Å². The fourth-order valence-corrected chi connectivity index (χ4v) is 9.95. The van der Waals surface area contributed by atoms with E-state index in [1.807, 2.05) is 30.5 Å². The second-order valence-corrected chi connectivity index (χ2v) is 25.9. The van der Waals surface area contributed by atoms with Crippen LogP contribution in [0.2, 0.25) is 0 Å². The van der Waals surface area contributed by atoms with Gasteiger partial charge in [0.15, 0.2) is 0 Å². The number of rotatable bonds is 32. The molecule has 1 heterocycles. The third kappa shape index (κ3) is 62.6. The van der Waals surface area contributed by atoms with E-state index in [-0.39, 0.29) is 0 Å². The van der Waals surface area contributed by atoms with E-state index in [9.17, 15) is 0 Å². The minimum atomic E-state index is 0.511. The van der Waals surface area contributed by atoms with E-state index in [2.05, 4.69) is 237 Å². The molecule has 572 valence electrons. The molecule has 10 heteroatoms. The molecular formula is C90H154N2O8. The van der Waals surface area contributed by atoms with E-state index in [1.165, 1.54) is 122 Å². The summed E-state index contributed by atoms with van der Waals surface area (Å²) in [5.41, 5.74) is 11.3. The van der Waals surface area contributed by atoms with Gasteiger partial charge in [-0.15, -0.1) is 0 Å². The molecule has 2 fully saturated rings. The molecule has 0 spiro atoms. The Morgan fingerprint density at radius 1 is 0.340 bits per heavy atom. The number of ether oxygens (including phenoxy) is 8. The Hall–Kier alpha value is -5.17. The largest absolute Gasteiger partial charge is 0.491 e. The molecule has 0 amide bonds. The second kappa shape index (κ2) is 75.0. The van der Waals surface area contributed by atoms with Gasteiger partial charge in [-0.25, -0.2) is 0 Å². The van der Waals surface area contributed by atoms with Gasteiger partial charge in [0.2, 0.25) is 0 Å². The maximum atomic E-state index is 5.55. The molecule has 0 N–H and O–H groups in total. The van der Waals surface area contributed by atoms with Crippen LogP contribution in [-0.2, 0) is 79.8 Å². The maximum absolute atomic E-state index is 5.55. The number of aromatic nitrogens is 1. The number of hydrogen-bond acceptors (Lipinski definition) is 10. The molecule has 2 saturated carbocycles. The highest BCUT2D eigenvalue weighted by molar-refractivity contribution is 5.31. The van der Waals surface area contributed by atoms with Crippen molar-refractivity contribution in [1.29, 1.82) is 0 Å². The van der Waals surface area contributed by atoms with Crippen LogP contribution in [0.5, 0.6) is 11.5 Å². The molecule has 0 aliphatic heterocycles. The van der Waals surface area contributed by atoms with Crippen molar-refractivity contribution in [2.24, 2.45) is 23.7 Å². The van der Waals surface area contributed by atoms with Crippen LogP contribution in [0.4, 0.5) is 0 Å². The van der Waals surface area contributed by atoms with Crippen molar-refractivity contribution in [3.05, 3.63) is 184 Å². The van der Waals surface area contributed by atoms with Crippen molar-refractivity contribution in [2.75, 3.05) is 115 Å². The average molecular weight is 1390 g/mol. The highest BCUT2D eigenvalue weighted by Crippen LogP contribution is 2.28. The summed E-state index contributed by atoms with van der Waals surface area (Å²) >= 11 is 0. The number of hydrogen-bond donors (Lipinski definition) is 0. The van der Waals surface area contributed by atoms with Crippen molar-refractivity contribution in [3.63, 3.8) is 0 Å². The van der Waals surface area contributed by atoms with Crippen LogP contribution >= 0.6 is 0 Å². The minimum absolute atomic E-state index is 0.511. The van der Waals surface area contributed by atoms with E-state index in [4.69, 9.17) is 37.9 Å². The molecule has 10 nitrogen and oxygen atoms in total. The van der Waals surface area contributed by atoms with Gasteiger partial charge in [0.05, 0.1) is 52.9 Å². The Bertz CT molecular complexity index is 2260. The SMILES string of the molecule is CC/C=C/CC.CC/C=C\CC.CC1CCC(C)CC1.CC1CCC(C)CC1.CCc1ccc(CC)cc1.CCc1cccc(CC)c1.CCc1ccccc1CC.CCc1ccnc(CC)c1.COCCN(C)CCOC.COCCOCCOc1ccc(OCCOCCOC)cc1. The van der Waals surface area contributed by atoms with Crippen LogP contribution < -0.4 is 9.47 Å². The Morgan fingerprint density at radius 2 is 0.660 bits per heavy atom. The van der Waals surface area contributed by atoms with Crippen LogP contribution in [0.25, 0.3) is 0 Å². The van der Waals surface area contributed by atoms with Crippen LogP contribution in [-0.4, -0.2) is 125 Å². The predicted molar refractivity (Wildman–Crippen MR) is 436 cm³/mol. The molecule has 1 aromatic heterocycles. The summed E-state index contributed by atoms with van der Waals surface area (Å²) in [4.78, 5) is 6.38. The number of allylic oxidation sites excluding steroid dienone is 4. The van der Waals surface area contributed by atoms with Crippen LogP contribution in [0, 0.1) is 23.7 Å². The zero-order chi connectivity index (χ0) is 74.9. The molecule has 2 aliphatic rings. The Balaban J connectivity index is -0.00000107. The Morgan fingerprint density at radius 3 is 0.950 bits per heavy atom. The van der Waals surface area contributed by atoms with Crippen LogP contribution in [0.3, 0.4) is 0 Å². The summed E-state index contributed by atoms with van der Waals surface area (Å²) in [6.45, 7) is 43.5. The molecule has 0 atom stereocenters. The van der Waals surface area contributed by atoms with E-state index >= 15 is 0 Å². The monoisotopic (exact) mass is 1390 g/mol. The maximum Gasteiger partial charge on any atom is 0.119 e. The Labute approximate surface area is 617 Å². The van der Waals surface area contributed by atoms with Crippen molar-refractivity contribution in [3.8, 4) is 11.5 Å². The number of pyridine rings is 1. The van der Waals surface area contributed by atoms with Gasteiger partial charge < -0.3 is 42.8 Å². The van der Waals surface area contributed by atoms with Gasteiger partial charge in [-0.05, 0) is 183 Å². The molecule has 0 bridgehead atoms. The van der Waals surface area contributed by atoms with E-state index in [0.29, 0.717) is 52.9 Å². The normalized spacial score (nSPS) is 14.9. The van der Waals surface area contributed by atoms with E-state index in [0.717, 1.165) is 113 Å². The molecule has 4 aromatic carbocycles. The third-order valence-electron chi connectivity index (χ3n) is 17.1. The number of methoxy groups -OCH3 is 4. The molecule has 0 unspecified atom stereocenters. The summed E-state index contributed by atoms with van der Waals surface area (Å²) < 4.78 is 41.3. The number of likely N-dealkylation sites (N-methyl/N-ethyl adjacent to an activating group) is 1. The predicted octanol–water partition coefficient (Wildman–Crippen LogP) is 23.0. The zero-order valence-electron chi connectivity index (χ0n) is 68.4. The lowest BCUT2D eigenvalue weighted by Crippen LogP contribution is -2.26. The van der Waals surface area contributed by atoms with Gasteiger partial charge in [-0.1, -0.05) is 259 Å². The Kier molecular flexibility index (Phi) is 74.3. The zero-order valence-corrected chi connectivity index (χ0v) is 68.4. The van der Waals surface area contributed by atoms with Gasteiger partial charge >= 0.3 is 0 Å². The standard InChI is InChI=1S/C16H26O6.3C10H14.C9H13N.2C8H16.C7H17NO2.2C6H12/c1-17-7-9-19-11-13-21-15-3-5-16(6-4-15)22-14-12-20-10-8-18-2;1-3-9-5-7-10(4-2)8-6-9;1-3-9-6-5-7-10(4-2)8-9;1-3-9-7-5-6-8-10(9)4-2;1-3-8-5-6-10-9(4-2)7-8;2*1-7-3-5-8(2)6-4-7;1-8(4-6-9-2)5-7-10-3;2*1-3-5-6-4-2/h3-6H,7-14H2,1-2H3;3*5-8H,3-4H2,1-2H3;5-7H,3-4H2,1-2H3;2*7-8H,3-6H2,1-2H3;4-7H2,1-3H3;2*5-6H,3-4H2,1-2H3/b;;;;;;;;6-5+;6-5-. The van der Waals surface area contributed by atoms with Crippen LogP contribution in [0.1, 0.15) is 232 Å². The van der Waals surface area contributed by atoms with Gasteiger partial charge in [0, 0.05) is 53.4 Å². The summed E-state index contributed by atoms with van der Waals surface area (Å²) in [6, 6.07) is 38.0. The molecule has 2 aliphatic carbocycles. The van der Waals surface area contributed by atoms with Crippen LogP contribution in [0.15, 0.2) is 140 Å². The fraction of sp³-hybridized carbons (Fsp3) is 0.633. The van der Waals surface area contributed by atoms with Gasteiger partial charge in [-0.2, -0.15) is 0 Å². The fourth-order valence-electron chi connectivity index (χ4n) is 9.95. The first kappa shape index (κ1) is 99.0. The van der Waals surface area contributed by atoms with Gasteiger partial charge in [0.1, 0.15) is 24.7 Å². The first-order valence-electron chi connectivity index (χ1n) is 39.2. The van der Waals surface area contributed by atoms with Gasteiger partial charge in [0.25, 0.3) is 0 Å². The summed E-state index contributed by atoms with van der Waals surface area (Å²) in [5.74, 6) is 5.66. The molecular weight excluding hydrogens is 1240 g/mol. The summed E-state index contributed by atoms with van der Waals surface area (Å²) in [6.07, 6.45) is 36.1. The highest BCUT2D eigenvalue weighted by Gasteiger charge is 2.14. The lowest BCUT2D eigenvalue weighted by Gasteiger charge is -2.22. The topological polar surface area (TPSA) is 90.0 Å². The number of aryl methyl sites for hydroxylation is 8. The minimum Gasteiger partial charge on any atom is -0.491 e. The number of benzene rings is 4. The summed E-state index contributed by atoms with van der Waals surface area (Å²) in [5, 5.41) is 0. The first-order valence-corrected chi connectivity index (χ1v) is 39.2. The molecule has 7 rings (SSSR count). The smallest absolute Gasteiger partial charge is 0.119 e. The average Bonchev–Trinajstić information content (AvgIpc) is 1.08. The lowest BCUT2D eigenvalue weighted by molar-refractivity contribution is 0.0538. The highest BCUT2D eigenvalue weighted by atomic mass is 16.5. The summed E-state index contributed by atoms with van der Waals surface area (Å²) in [7, 11) is 8.77. The lowest BCUT2D eigenvalue weighted by atomic mass is 9.84. The van der Waals surface area contributed by atoms with Crippen molar-refractivity contribution >= 4 is 0 Å². The third-order valence-corrected chi connectivity index (χ3v) is 17.1. The first-order chi connectivity index (χ1) is 48.5. The number of nitrogens with zero attached hydrogens (tertiary/aromatic N) is 2. The second-order valence-electron chi connectivity index (χ2n) is 25.9. The molecule has 0 saturated heterocycles. The molecule has 0 radical (unpaired) electrons. The molecule has 5 aromatic rings. The molecule has 100 heavy (non-hydrogen) atoms. The van der Waals surface area contributed by atoms with E-state index in [1.54, 1.807) is 28.4 Å². The van der Waals surface area contributed by atoms with Crippen molar-refractivity contribution in [1.82, 2.24) is 9.88 Å².